The maximum absolute atomic E-state index is 13.1. The first-order chi connectivity index (χ1) is 14.1. The minimum absolute atomic E-state index is 0.0223. The number of carbonyl (C=O) groups is 2. The number of rotatable bonds is 2. The molecule has 2 saturated heterocycles. The minimum Gasteiger partial charge on any atom is -0.338 e. The van der Waals surface area contributed by atoms with Crippen LogP contribution in [0.1, 0.15) is 34.3 Å². The van der Waals surface area contributed by atoms with Crippen LogP contribution >= 0.6 is 0 Å². The van der Waals surface area contributed by atoms with E-state index in [1.807, 2.05) is 22.9 Å². The van der Waals surface area contributed by atoms with Crippen LogP contribution in [0.5, 0.6) is 0 Å². The molecule has 2 heterocycles. The van der Waals surface area contributed by atoms with Crippen LogP contribution in [0, 0.1) is 0 Å². The van der Waals surface area contributed by atoms with Crippen LogP contribution in [0.3, 0.4) is 0 Å². The molecule has 5 rings (SSSR count). The molecule has 3 aliphatic rings. The Balaban J connectivity index is 1.27. The van der Waals surface area contributed by atoms with E-state index >= 15 is 0 Å². The zero-order chi connectivity index (χ0) is 20.0. The van der Waals surface area contributed by atoms with Crippen molar-refractivity contribution in [3.8, 4) is 11.1 Å². The van der Waals surface area contributed by atoms with Crippen molar-refractivity contribution in [1.82, 2.24) is 14.7 Å². The van der Waals surface area contributed by atoms with Gasteiger partial charge in [0.05, 0.1) is 6.04 Å². The van der Waals surface area contributed by atoms with Gasteiger partial charge in [-0.1, -0.05) is 30.3 Å². The van der Waals surface area contributed by atoms with E-state index in [2.05, 4.69) is 41.3 Å². The topological polar surface area (TPSA) is 43.9 Å². The fraction of sp³-hybridized carbons (Fsp3) is 0.417. The number of fused-ring (bicyclic) bond motifs is 3. The Morgan fingerprint density at radius 2 is 1.59 bits per heavy atom. The second-order valence-corrected chi connectivity index (χ2v) is 8.46. The average molecular weight is 389 g/mol. The third kappa shape index (κ3) is 3.23. The van der Waals surface area contributed by atoms with Crippen LogP contribution < -0.4 is 0 Å². The van der Waals surface area contributed by atoms with Gasteiger partial charge in [0.25, 0.3) is 5.91 Å². The number of likely N-dealkylation sites (tertiary alicyclic amines) is 1. The van der Waals surface area contributed by atoms with Gasteiger partial charge in [-0.15, -0.1) is 0 Å². The molecule has 2 aliphatic heterocycles. The lowest BCUT2D eigenvalue weighted by Gasteiger charge is -2.37. The first-order valence-corrected chi connectivity index (χ1v) is 10.6. The normalized spacial score (nSPS) is 21.2. The summed E-state index contributed by atoms with van der Waals surface area (Å²) in [5, 5.41) is 0. The highest BCUT2D eigenvalue weighted by atomic mass is 16.2. The molecular formula is C24H27N3O2. The van der Waals surface area contributed by atoms with Crippen LogP contribution in [0.25, 0.3) is 11.1 Å². The van der Waals surface area contributed by atoms with E-state index in [4.69, 9.17) is 0 Å². The lowest BCUT2D eigenvalue weighted by molar-refractivity contribution is -0.137. The Morgan fingerprint density at radius 3 is 2.34 bits per heavy atom. The summed E-state index contributed by atoms with van der Waals surface area (Å²) in [4.78, 5) is 31.9. The molecule has 5 heteroatoms. The zero-order valence-corrected chi connectivity index (χ0v) is 16.9. The summed E-state index contributed by atoms with van der Waals surface area (Å²) in [6.07, 6.45) is 2.98. The molecule has 2 aromatic rings. The summed E-state index contributed by atoms with van der Waals surface area (Å²) in [5.74, 6) is 0.300. The number of hydrogen-bond acceptors (Lipinski definition) is 3. The second-order valence-electron chi connectivity index (χ2n) is 8.46. The van der Waals surface area contributed by atoms with Crippen molar-refractivity contribution in [1.29, 1.82) is 0 Å². The van der Waals surface area contributed by atoms with Crippen molar-refractivity contribution in [3.63, 3.8) is 0 Å². The number of piperazine rings is 1. The van der Waals surface area contributed by atoms with Crippen molar-refractivity contribution in [2.75, 3.05) is 39.8 Å². The number of carbonyl (C=O) groups excluding carboxylic acids is 2. The zero-order valence-electron chi connectivity index (χ0n) is 16.9. The van der Waals surface area contributed by atoms with E-state index in [0.717, 1.165) is 31.4 Å². The fourth-order valence-corrected chi connectivity index (χ4v) is 5.00. The number of hydrogen-bond donors (Lipinski definition) is 0. The molecule has 0 bridgehead atoms. The average Bonchev–Trinajstić information content (AvgIpc) is 3.35. The summed E-state index contributed by atoms with van der Waals surface area (Å²) in [6.45, 7) is 3.46. The quantitative estimate of drug-likeness (QED) is 0.677. The lowest BCUT2D eigenvalue weighted by Crippen LogP contribution is -2.54. The highest BCUT2D eigenvalue weighted by Crippen LogP contribution is 2.37. The molecule has 1 atom stereocenters. The van der Waals surface area contributed by atoms with Gasteiger partial charge in [-0.25, -0.2) is 0 Å². The van der Waals surface area contributed by atoms with Crippen molar-refractivity contribution >= 4 is 11.8 Å². The fourth-order valence-electron chi connectivity index (χ4n) is 5.00. The van der Waals surface area contributed by atoms with Gasteiger partial charge in [0, 0.05) is 31.7 Å². The molecule has 5 nitrogen and oxygen atoms in total. The molecule has 0 spiro atoms. The van der Waals surface area contributed by atoms with Crippen molar-refractivity contribution in [2.24, 2.45) is 0 Å². The van der Waals surface area contributed by atoms with Gasteiger partial charge in [0.1, 0.15) is 0 Å². The van der Waals surface area contributed by atoms with Gasteiger partial charge in [-0.05, 0) is 67.2 Å². The maximum atomic E-state index is 13.1. The SMILES string of the molecule is CN1CCCC1C(=O)N1CCN(C(=O)c2ccc3c(c2)-c2ccccc2C3)CC1. The Labute approximate surface area is 171 Å². The molecule has 29 heavy (non-hydrogen) atoms. The summed E-state index contributed by atoms with van der Waals surface area (Å²) >= 11 is 0. The van der Waals surface area contributed by atoms with Crippen molar-refractivity contribution in [3.05, 3.63) is 59.2 Å². The number of likely N-dealkylation sites (N-methyl/N-ethyl adjacent to an activating group) is 1. The predicted octanol–water partition coefficient (Wildman–Crippen LogP) is 2.64. The molecule has 1 unspecified atom stereocenters. The second kappa shape index (κ2) is 7.30. The highest BCUT2D eigenvalue weighted by Gasteiger charge is 2.33. The Hall–Kier alpha value is -2.66. The molecule has 1 aliphatic carbocycles. The van der Waals surface area contributed by atoms with Crippen LogP contribution in [0.15, 0.2) is 42.5 Å². The number of amides is 2. The van der Waals surface area contributed by atoms with Crippen molar-refractivity contribution < 1.29 is 9.59 Å². The Bertz CT molecular complexity index is 962. The number of benzene rings is 2. The van der Waals surface area contributed by atoms with Crippen LogP contribution in [-0.4, -0.2) is 72.3 Å². The molecule has 0 aromatic heterocycles. The summed E-state index contributed by atoms with van der Waals surface area (Å²) in [6, 6.07) is 14.6. The smallest absolute Gasteiger partial charge is 0.253 e. The molecule has 0 N–H and O–H groups in total. The largest absolute Gasteiger partial charge is 0.338 e. The van der Waals surface area contributed by atoms with E-state index < -0.39 is 0 Å². The van der Waals surface area contributed by atoms with E-state index in [-0.39, 0.29) is 17.9 Å². The molecule has 150 valence electrons. The minimum atomic E-state index is 0.0223. The van der Waals surface area contributed by atoms with Crippen LogP contribution in [0.4, 0.5) is 0 Å². The molecule has 0 radical (unpaired) electrons. The Morgan fingerprint density at radius 1 is 0.862 bits per heavy atom. The molecule has 0 saturated carbocycles. The summed E-state index contributed by atoms with van der Waals surface area (Å²) in [7, 11) is 2.03. The molecular weight excluding hydrogens is 362 g/mol. The van der Waals surface area contributed by atoms with Crippen LogP contribution in [0.2, 0.25) is 0 Å². The van der Waals surface area contributed by atoms with E-state index in [1.165, 1.54) is 22.3 Å². The van der Waals surface area contributed by atoms with Gasteiger partial charge in [0.15, 0.2) is 0 Å². The van der Waals surface area contributed by atoms with E-state index in [0.29, 0.717) is 26.2 Å². The van der Waals surface area contributed by atoms with Gasteiger partial charge in [0.2, 0.25) is 5.91 Å². The van der Waals surface area contributed by atoms with Gasteiger partial charge in [-0.2, -0.15) is 0 Å². The third-order valence-corrected chi connectivity index (χ3v) is 6.73. The third-order valence-electron chi connectivity index (χ3n) is 6.73. The molecule has 2 fully saturated rings. The monoisotopic (exact) mass is 389 g/mol. The Kier molecular flexibility index (Phi) is 4.63. The first-order valence-electron chi connectivity index (χ1n) is 10.6. The predicted molar refractivity (Wildman–Crippen MR) is 113 cm³/mol. The molecule has 2 amide bonds. The standard InChI is InChI=1S/C24H27N3O2/c1-25-10-4-7-22(25)24(29)27-13-11-26(12-14-27)23(28)19-9-8-18-15-17-5-2-3-6-20(17)21(18)16-19/h2-3,5-6,8-9,16,22H,4,7,10-15H2,1H3. The molecule has 2 aromatic carbocycles. The summed E-state index contributed by atoms with van der Waals surface area (Å²) < 4.78 is 0. The maximum Gasteiger partial charge on any atom is 0.253 e. The van der Waals surface area contributed by atoms with Crippen molar-refractivity contribution in [2.45, 2.75) is 25.3 Å². The van der Waals surface area contributed by atoms with E-state index in [9.17, 15) is 9.59 Å². The first kappa shape index (κ1) is 18.4. The van der Waals surface area contributed by atoms with Gasteiger partial charge in [-0.3, -0.25) is 14.5 Å². The highest BCUT2D eigenvalue weighted by molar-refractivity contribution is 5.96. The van der Waals surface area contributed by atoms with Gasteiger partial charge >= 0.3 is 0 Å². The summed E-state index contributed by atoms with van der Waals surface area (Å²) in [5.41, 5.74) is 5.79. The number of nitrogens with zero attached hydrogens (tertiary/aromatic N) is 3. The van der Waals surface area contributed by atoms with Gasteiger partial charge < -0.3 is 9.80 Å². The lowest BCUT2D eigenvalue weighted by atomic mass is 10.0. The van der Waals surface area contributed by atoms with E-state index in [1.54, 1.807) is 0 Å². The van der Waals surface area contributed by atoms with Crippen LogP contribution in [-0.2, 0) is 11.2 Å².